The standard InChI is InChI=1S/C27H34ClNO/c1-20(11-16-25-22(3)10-7-17-27(25,4)5)8-6-9-21(2)18-26(30)29-19-23-12-14-24(28)15-13-23/h6,8-9,11-16,18H,7,10,17,19H2,1-5H3,(H,29,30)/b9-6+,16-11+,20-8+,21-18+. The summed E-state index contributed by atoms with van der Waals surface area (Å²) >= 11 is 5.88. The molecular formula is C27H34ClNO. The highest BCUT2D eigenvalue weighted by molar-refractivity contribution is 6.30. The lowest BCUT2D eigenvalue weighted by Gasteiger charge is -2.32. The van der Waals surface area contributed by atoms with E-state index in [1.807, 2.05) is 43.3 Å². The first-order valence-corrected chi connectivity index (χ1v) is 11.0. The van der Waals surface area contributed by atoms with Crippen molar-refractivity contribution >= 4 is 17.5 Å². The Morgan fingerprint density at radius 3 is 2.50 bits per heavy atom. The molecule has 0 radical (unpaired) electrons. The molecule has 1 N–H and O–H groups in total. The van der Waals surface area contributed by atoms with Gasteiger partial charge in [-0.2, -0.15) is 0 Å². The maximum absolute atomic E-state index is 12.1. The van der Waals surface area contributed by atoms with Crippen molar-refractivity contribution in [1.29, 1.82) is 0 Å². The SMILES string of the molecule is CC1=C(/C=C/C(C)=C/C=C/C(C)=C/C(=O)NCc2ccc(Cl)cc2)C(C)(C)CCC1. The molecule has 0 bridgehead atoms. The summed E-state index contributed by atoms with van der Waals surface area (Å²) in [6.45, 7) is 11.4. The maximum Gasteiger partial charge on any atom is 0.244 e. The highest BCUT2D eigenvalue weighted by Gasteiger charge is 2.26. The van der Waals surface area contributed by atoms with Crippen molar-refractivity contribution in [3.63, 3.8) is 0 Å². The van der Waals surface area contributed by atoms with Crippen LogP contribution in [-0.4, -0.2) is 5.91 Å². The number of nitrogens with one attached hydrogen (secondary N) is 1. The Hall–Kier alpha value is -2.32. The van der Waals surface area contributed by atoms with Crippen LogP contribution in [0.25, 0.3) is 0 Å². The van der Waals surface area contributed by atoms with Gasteiger partial charge in [-0.05, 0) is 74.3 Å². The minimum Gasteiger partial charge on any atom is -0.348 e. The van der Waals surface area contributed by atoms with Crippen LogP contribution >= 0.6 is 11.6 Å². The Kier molecular flexibility index (Phi) is 8.92. The van der Waals surface area contributed by atoms with Crippen LogP contribution in [-0.2, 0) is 11.3 Å². The third-order valence-corrected chi connectivity index (χ3v) is 5.76. The molecule has 30 heavy (non-hydrogen) atoms. The van der Waals surface area contributed by atoms with Crippen LogP contribution in [0.4, 0.5) is 0 Å². The van der Waals surface area contributed by atoms with E-state index in [0.717, 1.165) is 11.1 Å². The molecule has 0 unspecified atom stereocenters. The van der Waals surface area contributed by atoms with E-state index in [0.29, 0.717) is 11.6 Å². The fraction of sp³-hybridized carbons (Fsp3) is 0.370. The minimum absolute atomic E-state index is 0.102. The van der Waals surface area contributed by atoms with Gasteiger partial charge in [0.1, 0.15) is 0 Å². The van der Waals surface area contributed by atoms with E-state index in [9.17, 15) is 4.79 Å². The summed E-state index contributed by atoms with van der Waals surface area (Å²) in [5, 5.41) is 3.59. The number of amides is 1. The van der Waals surface area contributed by atoms with Gasteiger partial charge in [-0.3, -0.25) is 4.79 Å². The molecule has 1 aromatic rings. The highest BCUT2D eigenvalue weighted by atomic mass is 35.5. The van der Waals surface area contributed by atoms with Gasteiger partial charge >= 0.3 is 0 Å². The largest absolute Gasteiger partial charge is 0.348 e. The number of carbonyl (C=O) groups is 1. The predicted molar refractivity (Wildman–Crippen MR) is 129 cm³/mol. The Balaban J connectivity index is 1.89. The molecule has 0 heterocycles. The number of hydrogen-bond donors (Lipinski definition) is 1. The third-order valence-electron chi connectivity index (χ3n) is 5.51. The van der Waals surface area contributed by atoms with E-state index < -0.39 is 0 Å². The molecule has 2 rings (SSSR count). The summed E-state index contributed by atoms with van der Waals surface area (Å²) in [6, 6.07) is 7.46. The lowest BCUT2D eigenvalue weighted by Crippen LogP contribution is -2.20. The average molecular weight is 424 g/mol. The summed E-state index contributed by atoms with van der Waals surface area (Å²) < 4.78 is 0. The zero-order chi connectivity index (χ0) is 22.1. The van der Waals surface area contributed by atoms with Gasteiger partial charge in [0, 0.05) is 17.6 Å². The number of hydrogen-bond acceptors (Lipinski definition) is 1. The van der Waals surface area contributed by atoms with Crippen LogP contribution in [0.1, 0.15) is 59.4 Å². The molecule has 0 saturated carbocycles. The number of benzene rings is 1. The Bertz CT molecular complexity index is 895. The van der Waals surface area contributed by atoms with Crippen LogP contribution < -0.4 is 5.32 Å². The second-order valence-corrected chi connectivity index (χ2v) is 9.20. The first-order valence-electron chi connectivity index (χ1n) is 10.6. The molecule has 0 aromatic heterocycles. The van der Waals surface area contributed by atoms with Crippen molar-refractivity contribution in [3.8, 4) is 0 Å². The van der Waals surface area contributed by atoms with Gasteiger partial charge in [0.15, 0.2) is 0 Å². The van der Waals surface area contributed by atoms with E-state index in [-0.39, 0.29) is 11.3 Å². The van der Waals surface area contributed by atoms with Gasteiger partial charge in [-0.25, -0.2) is 0 Å². The van der Waals surface area contributed by atoms with Crippen LogP contribution in [0, 0.1) is 5.41 Å². The molecule has 160 valence electrons. The van der Waals surface area contributed by atoms with Crippen LogP contribution in [0.2, 0.25) is 5.02 Å². The van der Waals surface area contributed by atoms with Gasteiger partial charge in [-0.1, -0.05) is 79.1 Å². The molecule has 1 aromatic carbocycles. The van der Waals surface area contributed by atoms with Crippen molar-refractivity contribution in [2.24, 2.45) is 5.41 Å². The van der Waals surface area contributed by atoms with Gasteiger partial charge in [0.25, 0.3) is 0 Å². The fourth-order valence-electron chi connectivity index (χ4n) is 3.73. The van der Waals surface area contributed by atoms with Crippen LogP contribution in [0.15, 0.2) is 83.0 Å². The molecule has 0 fully saturated rings. The van der Waals surface area contributed by atoms with Crippen molar-refractivity contribution in [3.05, 3.63) is 93.6 Å². The molecule has 3 heteroatoms. The molecule has 1 amide bonds. The Labute approximate surface area is 187 Å². The molecule has 0 aliphatic heterocycles. The van der Waals surface area contributed by atoms with Crippen molar-refractivity contribution in [1.82, 2.24) is 5.32 Å². The minimum atomic E-state index is -0.102. The zero-order valence-electron chi connectivity index (χ0n) is 18.9. The lowest BCUT2D eigenvalue weighted by atomic mass is 9.72. The van der Waals surface area contributed by atoms with Gasteiger partial charge in [-0.15, -0.1) is 0 Å². The first kappa shape index (κ1) is 24.0. The first-order chi connectivity index (χ1) is 14.2. The van der Waals surface area contributed by atoms with Crippen LogP contribution in [0.5, 0.6) is 0 Å². The normalized spacial score (nSPS) is 17.8. The van der Waals surface area contributed by atoms with Gasteiger partial charge in [0.2, 0.25) is 5.91 Å². The molecule has 2 nitrogen and oxygen atoms in total. The van der Waals surface area contributed by atoms with E-state index in [2.05, 4.69) is 51.2 Å². The molecule has 1 aliphatic carbocycles. The fourth-order valence-corrected chi connectivity index (χ4v) is 3.86. The zero-order valence-corrected chi connectivity index (χ0v) is 19.6. The Morgan fingerprint density at radius 1 is 1.13 bits per heavy atom. The third kappa shape index (κ3) is 7.84. The molecule has 0 saturated heterocycles. The van der Waals surface area contributed by atoms with Crippen molar-refractivity contribution in [2.75, 3.05) is 0 Å². The topological polar surface area (TPSA) is 29.1 Å². The number of halogens is 1. The quantitative estimate of drug-likeness (QED) is 0.357. The molecular weight excluding hydrogens is 390 g/mol. The second kappa shape index (κ2) is 11.2. The van der Waals surface area contributed by atoms with Gasteiger partial charge < -0.3 is 5.32 Å². The maximum atomic E-state index is 12.1. The summed E-state index contributed by atoms with van der Waals surface area (Å²) in [4.78, 5) is 12.1. The summed E-state index contributed by atoms with van der Waals surface area (Å²) in [5.41, 5.74) is 6.35. The molecule has 0 spiro atoms. The van der Waals surface area contributed by atoms with Crippen molar-refractivity contribution < 1.29 is 4.79 Å². The molecule has 0 atom stereocenters. The summed E-state index contributed by atoms with van der Waals surface area (Å²) in [7, 11) is 0. The van der Waals surface area contributed by atoms with Gasteiger partial charge in [0.05, 0.1) is 0 Å². The molecule has 1 aliphatic rings. The number of rotatable bonds is 7. The van der Waals surface area contributed by atoms with E-state index in [1.54, 1.807) is 6.08 Å². The highest BCUT2D eigenvalue weighted by Crippen LogP contribution is 2.40. The second-order valence-electron chi connectivity index (χ2n) is 8.77. The number of allylic oxidation sites excluding steroid dienone is 9. The monoisotopic (exact) mass is 423 g/mol. The summed E-state index contributed by atoms with van der Waals surface area (Å²) in [6.07, 6.45) is 15.8. The Morgan fingerprint density at radius 2 is 1.83 bits per heavy atom. The smallest absolute Gasteiger partial charge is 0.244 e. The van der Waals surface area contributed by atoms with E-state index in [4.69, 9.17) is 11.6 Å². The average Bonchev–Trinajstić information content (AvgIpc) is 2.66. The van der Waals surface area contributed by atoms with Crippen LogP contribution in [0.3, 0.4) is 0 Å². The lowest BCUT2D eigenvalue weighted by molar-refractivity contribution is -0.116. The van der Waals surface area contributed by atoms with Crippen molar-refractivity contribution in [2.45, 2.75) is 60.4 Å². The van der Waals surface area contributed by atoms with E-state index in [1.165, 1.54) is 36.0 Å². The summed E-state index contributed by atoms with van der Waals surface area (Å²) in [5.74, 6) is -0.102. The predicted octanol–water partition coefficient (Wildman–Crippen LogP) is 7.49. The van der Waals surface area contributed by atoms with E-state index >= 15 is 0 Å². The number of carbonyl (C=O) groups excluding carboxylic acids is 1.